The monoisotopic (exact) mass is 390 g/mol. The number of nitrogens with one attached hydrogen (secondary N) is 2. The van der Waals surface area contributed by atoms with Crippen LogP contribution in [0.2, 0.25) is 0 Å². The Balaban J connectivity index is 1.75. The van der Waals surface area contributed by atoms with E-state index in [-0.39, 0.29) is 18.3 Å². The van der Waals surface area contributed by atoms with Crippen molar-refractivity contribution in [3.8, 4) is 0 Å². The second-order valence-corrected chi connectivity index (χ2v) is 7.07. The zero-order valence-corrected chi connectivity index (χ0v) is 14.9. The quantitative estimate of drug-likeness (QED) is 0.754. The number of carbonyl (C=O) groups is 1. The van der Waals surface area contributed by atoms with E-state index < -0.39 is 6.04 Å². The van der Waals surface area contributed by atoms with Crippen LogP contribution in [0, 0.1) is 11.7 Å². The van der Waals surface area contributed by atoms with Crippen molar-refractivity contribution >= 4 is 21.8 Å². The van der Waals surface area contributed by atoms with Gasteiger partial charge in [0.2, 0.25) is 5.91 Å². The smallest absolute Gasteiger partial charge is 0.234 e. The highest BCUT2D eigenvalue weighted by Crippen LogP contribution is 2.28. The van der Waals surface area contributed by atoms with Crippen molar-refractivity contribution in [1.29, 1.82) is 0 Å². The van der Waals surface area contributed by atoms with Gasteiger partial charge in [-0.1, -0.05) is 52.3 Å². The maximum atomic E-state index is 14.4. The molecule has 1 fully saturated rings. The molecule has 0 bridgehead atoms. The first kappa shape index (κ1) is 17.1. The van der Waals surface area contributed by atoms with Crippen LogP contribution < -0.4 is 10.6 Å². The minimum atomic E-state index is -0.505. The number of rotatable bonds is 7. The van der Waals surface area contributed by atoms with E-state index >= 15 is 0 Å². The molecule has 3 rings (SSSR count). The van der Waals surface area contributed by atoms with Crippen LogP contribution in [0.25, 0.3) is 0 Å². The molecule has 1 aliphatic rings. The van der Waals surface area contributed by atoms with Crippen LogP contribution in [0.4, 0.5) is 4.39 Å². The molecule has 0 heterocycles. The summed E-state index contributed by atoms with van der Waals surface area (Å²) in [5.74, 6) is 0.239. The van der Waals surface area contributed by atoms with Crippen LogP contribution in [-0.2, 0) is 4.79 Å². The topological polar surface area (TPSA) is 41.1 Å². The minimum absolute atomic E-state index is 0.133. The van der Waals surface area contributed by atoms with Crippen LogP contribution in [0.1, 0.15) is 30.0 Å². The third-order valence-electron chi connectivity index (χ3n) is 4.13. The van der Waals surface area contributed by atoms with Gasteiger partial charge in [-0.2, -0.15) is 0 Å². The van der Waals surface area contributed by atoms with Crippen molar-refractivity contribution in [2.45, 2.75) is 18.9 Å². The summed E-state index contributed by atoms with van der Waals surface area (Å²) in [7, 11) is 0. The first-order valence-electron chi connectivity index (χ1n) is 8.13. The molecular formula is C19H20BrFN2O. The molecule has 0 spiro atoms. The molecule has 0 saturated heterocycles. The van der Waals surface area contributed by atoms with Crippen molar-refractivity contribution in [2.24, 2.45) is 5.92 Å². The lowest BCUT2D eigenvalue weighted by Gasteiger charge is -2.21. The van der Waals surface area contributed by atoms with Crippen LogP contribution in [-0.4, -0.2) is 19.0 Å². The number of benzene rings is 2. The number of halogens is 2. The first-order valence-corrected chi connectivity index (χ1v) is 8.93. The molecule has 1 atom stereocenters. The molecule has 0 aromatic heterocycles. The Morgan fingerprint density at radius 1 is 1.21 bits per heavy atom. The lowest BCUT2D eigenvalue weighted by atomic mass is 9.98. The standard InChI is InChI=1S/C19H20BrFN2O/c20-15-8-9-16(17(21)10-15)19(14-4-2-1-3-5-14)23-18(24)12-22-11-13-6-7-13/h1-5,8-10,13,19,22H,6-7,11-12H2,(H,23,24). The predicted octanol–water partition coefficient (Wildman–Crippen LogP) is 3.79. The maximum Gasteiger partial charge on any atom is 0.234 e. The molecule has 2 aromatic carbocycles. The Labute approximate surface area is 149 Å². The molecule has 24 heavy (non-hydrogen) atoms. The summed E-state index contributed by atoms with van der Waals surface area (Å²) in [6, 6.07) is 13.9. The van der Waals surface area contributed by atoms with Crippen molar-refractivity contribution in [2.75, 3.05) is 13.1 Å². The SMILES string of the molecule is O=C(CNCC1CC1)NC(c1ccccc1)c1ccc(Br)cc1F. The van der Waals surface area contributed by atoms with E-state index in [2.05, 4.69) is 26.6 Å². The maximum absolute atomic E-state index is 14.4. The molecule has 126 valence electrons. The highest BCUT2D eigenvalue weighted by Gasteiger charge is 2.22. The van der Waals surface area contributed by atoms with Gasteiger partial charge in [0.1, 0.15) is 5.82 Å². The highest BCUT2D eigenvalue weighted by molar-refractivity contribution is 9.10. The Morgan fingerprint density at radius 3 is 2.62 bits per heavy atom. The number of carbonyl (C=O) groups excluding carboxylic acids is 1. The second-order valence-electron chi connectivity index (χ2n) is 6.15. The van der Waals surface area contributed by atoms with Crippen molar-refractivity contribution in [3.05, 3.63) is 69.9 Å². The van der Waals surface area contributed by atoms with Gasteiger partial charge in [-0.15, -0.1) is 0 Å². The van der Waals surface area contributed by atoms with Crippen LogP contribution in [0.3, 0.4) is 0 Å². The molecule has 1 amide bonds. The van der Waals surface area contributed by atoms with Crippen molar-refractivity contribution in [1.82, 2.24) is 10.6 Å². The van der Waals surface area contributed by atoms with E-state index in [1.165, 1.54) is 18.9 Å². The molecule has 0 aliphatic heterocycles. The normalized spacial score (nSPS) is 15.1. The van der Waals surface area contributed by atoms with E-state index in [1.54, 1.807) is 12.1 Å². The van der Waals surface area contributed by atoms with Gasteiger partial charge in [-0.05, 0) is 43.0 Å². The van der Waals surface area contributed by atoms with Gasteiger partial charge in [-0.25, -0.2) is 4.39 Å². The fraction of sp³-hybridized carbons (Fsp3) is 0.316. The summed E-state index contributed by atoms with van der Waals surface area (Å²) in [4.78, 5) is 12.3. The number of hydrogen-bond donors (Lipinski definition) is 2. The molecule has 5 heteroatoms. The van der Waals surface area contributed by atoms with Crippen molar-refractivity contribution < 1.29 is 9.18 Å². The Bertz CT molecular complexity index is 704. The van der Waals surface area contributed by atoms with E-state index in [0.29, 0.717) is 16.0 Å². The number of hydrogen-bond acceptors (Lipinski definition) is 2. The summed E-state index contributed by atoms with van der Waals surface area (Å²) < 4.78 is 15.1. The fourth-order valence-corrected chi connectivity index (χ4v) is 2.98. The molecular weight excluding hydrogens is 371 g/mol. The third kappa shape index (κ3) is 4.65. The minimum Gasteiger partial charge on any atom is -0.344 e. The van der Waals surface area contributed by atoms with E-state index in [9.17, 15) is 9.18 Å². The van der Waals surface area contributed by atoms with Gasteiger partial charge in [-0.3, -0.25) is 4.79 Å². The van der Waals surface area contributed by atoms with Gasteiger partial charge in [0.25, 0.3) is 0 Å². The lowest BCUT2D eigenvalue weighted by molar-refractivity contribution is -0.120. The Kier molecular flexibility index (Phi) is 5.63. The van der Waals surface area contributed by atoms with Crippen LogP contribution >= 0.6 is 15.9 Å². The number of amides is 1. The van der Waals surface area contributed by atoms with Gasteiger partial charge < -0.3 is 10.6 Å². The summed E-state index contributed by atoms with van der Waals surface area (Å²) in [6.45, 7) is 1.12. The first-order chi connectivity index (χ1) is 11.6. The third-order valence-corrected chi connectivity index (χ3v) is 4.62. The average Bonchev–Trinajstić information content (AvgIpc) is 3.38. The lowest BCUT2D eigenvalue weighted by Crippen LogP contribution is -2.37. The van der Waals surface area contributed by atoms with Gasteiger partial charge >= 0.3 is 0 Å². The molecule has 1 saturated carbocycles. The van der Waals surface area contributed by atoms with Gasteiger partial charge in [0, 0.05) is 10.0 Å². The second kappa shape index (κ2) is 7.90. The summed E-state index contributed by atoms with van der Waals surface area (Å²) >= 11 is 3.27. The Hall–Kier alpha value is -1.72. The average molecular weight is 391 g/mol. The molecule has 1 aliphatic carbocycles. The van der Waals surface area contributed by atoms with E-state index in [1.807, 2.05) is 30.3 Å². The molecule has 2 aromatic rings. The molecule has 1 unspecified atom stereocenters. The van der Waals surface area contributed by atoms with E-state index in [0.717, 1.165) is 12.1 Å². The Morgan fingerprint density at radius 2 is 1.96 bits per heavy atom. The summed E-state index contributed by atoms with van der Waals surface area (Å²) in [6.07, 6.45) is 2.48. The van der Waals surface area contributed by atoms with Gasteiger partial charge in [0.15, 0.2) is 0 Å². The predicted molar refractivity (Wildman–Crippen MR) is 96.1 cm³/mol. The summed E-state index contributed by atoms with van der Waals surface area (Å²) in [5.41, 5.74) is 1.31. The molecule has 2 N–H and O–H groups in total. The largest absolute Gasteiger partial charge is 0.344 e. The van der Waals surface area contributed by atoms with Crippen molar-refractivity contribution in [3.63, 3.8) is 0 Å². The van der Waals surface area contributed by atoms with Gasteiger partial charge in [0.05, 0.1) is 12.6 Å². The van der Waals surface area contributed by atoms with Crippen LogP contribution in [0.15, 0.2) is 53.0 Å². The summed E-state index contributed by atoms with van der Waals surface area (Å²) in [5, 5.41) is 6.11. The highest BCUT2D eigenvalue weighted by atomic mass is 79.9. The zero-order valence-electron chi connectivity index (χ0n) is 13.3. The fourth-order valence-electron chi connectivity index (χ4n) is 2.65. The van der Waals surface area contributed by atoms with E-state index in [4.69, 9.17) is 0 Å². The molecule has 3 nitrogen and oxygen atoms in total. The van der Waals surface area contributed by atoms with Crippen LogP contribution in [0.5, 0.6) is 0 Å². The zero-order chi connectivity index (χ0) is 16.9. The molecule has 0 radical (unpaired) electrons.